The van der Waals surface area contributed by atoms with Gasteiger partial charge in [-0.2, -0.15) is 16.1 Å². The molecule has 33 heavy (non-hydrogen) atoms. The normalized spacial score (nSPS) is 19.8. The molecule has 0 aliphatic carbocycles. The lowest BCUT2D eigenvalue weighted by Crippen LogP contribution is -2.61. The van der Waals surface area contributed by atoms with Gasteiger partial charge in [-0.15, -0.1) is 0 Å². The predicted octanol–water partition coefficient (Wildman–Crippen LogP) is 5.71. The molecule has 1 aromatic rings. The molecular formula is C25H42N2O4S2. The maximum absolute atomic E-state index is 13.9. The SMILES string of the molecule is CCCCCCCCC(CCC)c1ccccc1S(=O)(=O)N1CCSC(C)(C)[C@@H]1C(=O)NO. The first-order valence-corrected chi connectivity index (χ1v) is 14.8. The lowest BCUT2D eigenvalue weighted by Gasteiger charge is -2.43. The van der Waals surface area contributed by atoms with Crippen molar-refractivity contribution >= 4 is 27.7 Å². The van der Waals surface area contributed by atoms with Crippen LogP contribution in [0.25, 0.3) is 0 Å². The molecule has 8 heteroatoms. The topological polar surface area (TPSA) is 86.7 Å². The van der Waals surface area contributed by atoms with Crippen molar-refractivity contribution < 1.29 is 18.4 Å². The number of nitrogens with one attached hydrogen (secondary N) is 1. The second-order valence-electron chi connectivity index (χ2n) is 9.53. The molecule has 1 aliphatic rings. The maximum Gasteiger partial charge on any atom is 0.263 e. The average Bonchev–Trinajstić information content (AvgIpc) is 2.79. The molecule has 2 rings (SSSR count). The molecule has 1 aliphatic heterocycles. The largest absolute Gasteiger partial charge is 0.289 e. The van der Waals surface area contributed by atoms with E-state index in [0.29, 0.717) is 10.6 Å². The van der Waals surface area contributed by atoms with E-state index in [1.54, 1.807) is 29.4 Å². The minimum Gasteiger partial charge on any atom is -0.289 e. The molecule has 1 unspecified atom stereocenters. The Morgan fingerprint density at radius 1 is 1.12 bits per heavy atom. The van der Waals surface area contributed by atoms with Crippen LogP contribution in [0.1, 0.15) is 97.0 Å². The summed E-state index contributed by atoms with van der Waals surface area (Å²) in [6.45, 7) is 8.29. The molecular weight excluding hydrogens is 456 g/mol. The molecule has 1 fully saturated rings. The van der Waals surface area contributed by atoms with Crippen molar-refractivity contribution in [2.24, 2.45) is 0 Å². The fraction of sp³-hybridized carbons (Fsp3) is 0.720. The van der Waals surface area contributed by atoms with Crippen LogP contribution < -0.4 is 5.48 Å². The Kier molecular flexibility index (Phi) is 11.2. The van der Waals surface area contributed by atoms with Crippen LogP contribution in [0.5, 0.6) is 0 Å². The van der Waals surface area contributed by atoms with Crippen LogP contribution in [0.2, 0.25) is 0 Å². The van der Waals surface area contributed by atoms with E-state index in [2.05, 4.69) is 13.8 Å². The number of thioether (sulfide) groups is 1. The Labute approximate surface area is 204 Å². The summed E-state index contributed by atoms with van der Waals surface area (Å²) >= 11 is 1.55. The predicted molar refractivity (Wildman–Crippen MR) is 136 cm³/mol. The minimum absolute atomic E-state index is 0.171. The first-order chi connectivity index (χ1) is 15.7. The van der Waals surface area contributed by atoms with Crippen LogP contribution in [0, 0.1) is 0 Å². The van der Waals surface area contributed by atoms with Crippen molar-refractivity contribution in [2.45, 2.75) is 107 Å². The van der Waals surface area contributed by atoms with Gasteiger partial charge in [0.1, 0.15) is 6.04 Å². The Bertz CT molecular complexity index is 858. The van der Waals surface area contributed by atoms with E-state index in [1.165, 1.54) is 36.4 Å². The second-order valence-corrected chi connectivity index (χ2v) is 13.1. The Morgan fingerprint density at radius 2 is 1.79 bits per heavy atom. The highest BCUT2D eigenvalue weighted by atomic mass is 32.2. The van der Waals surface area contributed by atoms with Crippen molar-refractivity contribution in [1.29, 1.82) is 0 Å². The van der Waals surface area contributed by atoms with Gasteiger partial charge in [-0.3, -0.25) is 10.0 Å². The Balaban J connectivity index is 2.34. The summed E-state index contributed by atoms with van der Waals surface area (Å²) < 4.78 is 28.5. The van der Waals surface area contributed by atoms with Crippen LogP contribution >= 0.6 is 11.8 Å². The average molecular weight is 499 g/mol. The van der Waals surface area contributed by atoms with Gasteiger partial charge in [-0.1, -0.05) is 77.0 Å². The van der Waals surface area contributed by atoms with E-state index in [-0.39, 0.29) is 12.5 Å². The highest BCUT2D eigenvalue weighted by molar-refractivity contribution is 8.01. The van der Waals surface area contributed by atoms with Crippen LogP contribution in [0.15, 0.2) is 29.2 Å². The number of benzene rings is 1. The number of rotatable bonds is 13. The summed E-state index contributed by atoms with van der Waals surface area (Å²) in [4.78, 5) is 12.9. The molecule has 0 radical (unpaired) electrons. The van der Waals surface area contributed by atoms with Gasteiger partial charge in [0.15, 0.2) is 0 Å². The quantitative estimate of drug-likeness (QED) is 0.207. The standard InChI is InChI=1S/C25H42N2O4S2/c1-5-7-8-9-10-11-15-20(14-6-2)21-16-12-13-17-22(21)33(30,31)27-18-19-32-25(3,4)23(27)24(28)26-29/h12-13,16-17,20,23,29H,5-11,14-15,18-19H2,1-4H3,(H,26,28)/t20?,23-/m0/s1. The number of hydrogen-bond acceptors (Lipinski definition) is 5. The fourth-order valence-corrected chi connectivity index (χ4v) is 8.27. The third-order valence-electron chi connectivity index (χ3n) is 6.58. The monoisotopic (exact) mass is 498 g/mol. The molecule has 0 spiro atoms. The first kappa shape index (κ1) is 28.1. The molecule has 1 heterocycles. The Hall–Kier alpha value is -1.09. The summed E-state index contributed by atoms with van der Waals surface area (Å²) in [6, 6.07) is 6.30. The van der Waals surface area contributed by atoms with E-state index < -0.39 is 26.7 Å². The fourth-order valence-electron chi connectivity index (χ4n) is 4.87. The lowest BCUT2D eigenvalue weighted by atomic mass is 9.89. The van der Waals surface area contributed by atoms with Crippen molar-refractivity contribution in [1.82, 2.24) is 9.79 Å². The van der Waals surface area contributed by atoms with Gasteiger partial charge in [0.05, 0.1) is 4.90 Å². The van der Waals surface area contributed by atoms with Crippen molar-refractivity contribution in [3.8, 4) is 0 Å². The van der Waals surface area contributed by atoms with Gasteiger partial charge in [0, 0.05) is 17.0 Å². The zero-order valence-corrected chi connectivity index (χ0v) is 22.3. The van der Waals surface area contributed by atoms with Gasteiger partial charge in [0.25, 0.3) is 5.91 Å². The molecule has 0 aromatic heterocycles. The minimum atomic E-state index is -3.93. The van der Waals surface area contributed by atoms with Crippen LogP contribution in [-0.4, -0.2) is 46.9 Å². The molecule has 1 amide bonds. The molecule has 0 bridgehead atoms. The van der Waals surface area contributed by atoms with Crippen LogP contribution in [0.3, 0.4) is 0 Å². The third-order valence-corrected chi connectivity index (χ3v) is 9.87. The maximum atomic E-state index is 13.9. The number of carbonyl (C=O) groups excluding carboxylic acids is 1. The molecule has 6 nitrogen and oxygen atoms in total. The summed E-state index contributed by atoms with van der Waals surface area (Å²) in [6.07, 6.45) is 10.1. The summed E-state index contributed by atoms with van der Waals surface area (Å²) in [7, 11) is -3.93. The third kappa shape index (κ3) is 7.20. The van der Waals surface area contributed by atoms with E-state index in [9.17, 15) is 18.4 Å². The molecule has 2 N–H and O–H groups in total. The highest BCUT2D eigenvalue weighted by Crippen LogP contribution is 2.40. The van der Waals surface area contributed by atoms with E-state index in [1.807, 2.05) is 26.0 Å². The smallest absolute Gasteiger partial charge is 0.263 e. The van der Waals surface area contributed by atoms with E-state index in [0.717, 1.165) is 31.2 Å². The number of amides is 1. The van der Waals surface area contributed by atoms with Crippen molar-refractivity contribution in [3.63, 3.8) is 0 Å². The van der Waals surface area contributed by atoms with Crippen molar-refractivity contribution in [2.75, 3.05) is 12.3 Å². The zero-order valence-electron chi connectivity index (χ0n) is 20.7. The van der Waals surface area contributed by atoms with Crippen LogP contribution in [0.4, 0.5) is 0 Å². The Morgan fingerprint density at radius 3 is 2.45 bits per heavy atom. The van der Waals surface area contributed by atoms with Gasteiger partial charge in [-0.05, 0) is 44.2 Å². The first-order valence-electron chi connectivity index (χ1n) is 12.4. The zero-order chi connectivity index (χ0) is 24.5. The molecule has 2 atom stereocenters. The van der Waals surface area contributed by atoms with Gasteiger partial charge < -0.3 is 0 Å². The van der Waals surface area contributed by atoms with Crippen LogP contribution in [-0.2, 0) is 14.8 Å². The van der Waals surface area contributed by atoms with Gasteiger partial charge in [-0.25, -0.2) is 13.9 Å². The highest BCUT2D eigenvalue weighted by Gasteiger charge is 2.48. The number of hydrogen-bond donors (Lipinski definition) is 2. The molecule has 1 saturated heterocycles. The molecule has 0 saturated carbocycles. The number of nitrogens with zero attached hydrogens (tertiary/aromatic N) is 1. The lowest BCUT2D eigenvalue weighted by molar-refractivity contribution is -0.134. The van der Waals surface area contributed by atoms with Gasteiger partial charge >= 0.3 is 0 Å². The molecule has 188 valence electrons. The van der Waals surface area contributed by atoms with E-state index in [4.69, 9.17) is 0 Å². The summed E-state index contributed by atoms with van der Waals surface area (Å²) in [5.74, 6) is 0.0784. The number of carbonyl (C=O) groups is 1. The summed E-state index contributed by atoms with van der Waals surface area (Å²) in [5.41, 5.74) is 2.55. The molecule has 1 aromatic carbocycles. The summed E-state index contributed by atoms with van der Waals surface area (Å²) in [5, 5.41) is 9.33. The number of hydroxylamine groups is 1. The van der Waals surface area contributed by atoms with E-state index >= 15 is 0 Å². The van der Waals surface area contributed by atoms with Gasteiger partial charge in [0.2, 0.25) is 10.0 Å². The number of unbranched alkanes of at least 4 members (excludes halogenated alkanes) is 5. The second kappa shape index (κ2) is 13.1. The number of sulfonamides is 1. The van der Waals surface area contributed by atoms with Crippen molar-refractivity contribution in [3.05, 3.63) is 29.8 Å².